The number of carbonyl (C=O) groups is 4. The van der Waals surface area contributed by atoms with Crippen LogP contribution in [0.4, 0.5) is 0 Å². The fraction of sp³-hybridized carbons (Fsp3) is 0.852. The molecule has 1 fully saturated rings. The average molecular weight is 723 g/mol. The molecule has 0 saturated heterocycles. The molecule has 6 N–H and O–H groups in total. The predicted molar refractivity (Wildman–Crippen MR) is 143 cm³/mol. The minimum absolute atomic E-state index is 0. The summed E-state index contributed by atoms with van der Waals surface area (Å²) in [6.07, 6.45) is 19.7. The van der Waals surface area contributed by atoms with Gasteiger partial charge in [0.15, 0.2) is 0 Å². The van der Waals surface area contributed by atoms with Crippen LogP contribution in [0.2, 0.25) is 0 Å². The Balaban J connectivity index is 0. The van der Waals surface area contributed by atoms with Crippen LogP contribution in [0.15, 0.2) is 0 Å². The van der Waals surface area contributed by atoms with E-state index in [0.29, 0.717) is 6.42 Å². The molecule has 38 heavy (non-hydrogen) atoms. The van der Waals surface area contributed by atoms with Crippen molar-refractivity contribution in [3.05, 3.63) is 11.5 Å². The number of carbonyl (C=O) groups excluding carboxylic acids is 1. The van der Waals surface area contributed by atoms with E-state index in [1.807, 2.05) is 5.32 Å². The van der Waals surface area contributed by atoms with Gasteiger partial charge < -0.3 is 32.1 Å². The fourth-order valence-electron chi connectivity index (χ4n) is 4.28. The molecule has 10 nitrogen and oxygen atoms in total. The van der Waals surface area contributed by atoms with Crippen LogP contribution in [0.25, 0.3) is 11.5 Å². The molecule has 11 heteroatoms. The van der Waals surface area contributed by atoms with Crippen LogP contribution in [0.3, 0.4) is 0 Å². The van der Waals surface area contributed by atoms with Crippen molar-refractivity contribution >= 4 is 23.8 Å². The normalized spacial score (nSPS) is 16.6. The van der Waals surface area contributed by atoms with Gasteiger partial charge >= 0.3 is 39.0 Å². The number of rotatable bonds is 20. The van der Waals surface area contributed by atoms with E-state index in [0.717, 1.165) is 51.4 Å². The number of carboxylic acids is 3. The molecule has 0 bridgehead atoms. The fourth-order valence-corrected chi connectivity index (χ4v) is 4.28. The summed E-state index contributed by atoms with van der Waals surface area (Å²) in [6.45, 7) is 0. The molecule has 0 radical (unpaired) electrons. The predicted octanol–water partition coefficient (Wildman–Crippen LogP) is 6.37. The molecule has 1 saturated carbocycles. The van der Waals surface area contributed by atoms with Gasteiger partial charge in [-0.2, -0.15) is 12.1 Å². The summed E-state index contributed by atoms with van der Waals surface area (Å²) in [5.41, 5.74) is 14.6. The number of hydrogen-bond donors (Lipinski definition) is 4. The van der Waals surface area contributed by atoms with Crippen molar-refractivity contribution in [1.82, 2.24) is 5.32 Å². The van der Waals surface area contributed by atoms with Crippen molar-refractivity contribution in [3.63, 3.8) is 0 Å². The molecular formula is C27H49N3O7Pt. The van der Waals surface area contributed by atoms with Crippen LogP contribution in [0.5, 0.6) is 0 Å². The van der Waals surface area contributed by atoms with Crippen LogP contribution in [-0.4, -0.2) is 57.3 Å². The molecule has 0 aliphatic heterocycles. The van der Waals surface area contributed by atoms with Gasteiger partial charge in [-0.3, -0.25) is 9.59 Å². The summed E-state index contributed by atoms with van der Waals surface area (Å²) in [4.78, 5) is 43.3. The Kier molecular flexibility index (Phi) is 26.2. The van der Waals surface area contributed by atoms with Crippen LogP contribution < -0.4 is 5.32 Å². The van der Waals surface area contributed by atoms with Crippen molar-refractivity contribution in [2.45, 2.75) is 147 Å². The Bertz CT molecular complexity index is 628. The molecular weight excluding hydrogens is 673 g/mol. The summed E-state index contributed by atoms with van der Waals surface area (Å²) >= 11 is 0. The van der Waals surface area contributed by atoms with Crippen molar-refractivity contribution in [3.8, 4) is 0 Å². The van der Waals surface area contributed by atoms with E-state index in [1.165, 1.54) is 57.8 Å². The topological polar surface area (TPSA) is 189 Å². The molecule has 0 aromatic rings. The van der Waals surface area contributed by atoms with E-state index in [-0.39, 0.29) is 46.0 Å². The van der Waals surface area contributed by atoms with E-state index < -0.39 is 29.9 Å². The molecule has 1 aliphatic carbocycles. The van der Waals surface area contributed by atoms with Crippen molar-refractivity contribution in [1.29, 1.82) is 0 Å². The van der Waals surface area contributed by atoms with Crippen molar-refractivity contribution in [2.75, 3.05) is 0 Å². The van der Waals surface area contributed by atoms with E-state index in [2.05, 4.69) is 0 Å². The third-order valence-electron chi connectivity index (χ3n) is 6.61. The van der Waals surface area contributed by atoms with E-state index >= 15 is 0 Å². The number of carboxylic acid groups (broad SMARTS) is 3. The molecule has 0 aromatic carbocycles. The maximum Gasteiger partial charge on any atom is 2.00 e. The Hall–Kier alpha value is -1.51. The molecule has 224 valence electrons. The molecule has 2 atom stereocenters. The smallest absolute Gasteiger partial charge is 0.676 e. The number of nitrogens with one attached hydrogen (secondary N) is 3. The van der Waals surface area contributed by atoms with Crippen LogP contribution in [0, 0.1) is 0 Å². The SMILES string of the molecule is O=C(O)CCCCCCCCCCCCCCCCC(=O)NC(C(=O)O)C(=O)O.[NH-][C@@H]1CCCC[C@H]1[NH-].[Pt+2]. The van der Waals surface area contributed by atoms with Gasteiger partial charge in [0.1, 0.15) is 0 Å². The first-order chi connectivity index (χ1) is 17.6. The van der Waals surface area contributed by atoms with Gasteiger partial charge in [-0.15, -0.1) is 0 Å². The third-order valence-corrected chi connectivity index (χ3v) is 6.61. The van der Waals surface area contributed by atoms with Gasteiger partial charge in [-0.05, 0) is 12.8 Å². The quantitative estimate of drug-likeness (QED) is 0.0830. The van der Waals surface area contributed by atoms with Crippen molar-refractivity contribution < 1.29 is 55.6 Å². The summed E-state index contributed by atoms with van der Waals surface area (Å²) < 4.78 is 0. The zero-order chi connectivity index (χ0) is 27.9. The second kappa shape index (κ2) is 25.7. The number of unbranched alkanes of at least 4 members (excludes halogenated alkanes) is 13. The summed E-state index contributed by atoms with van der Waals surface area (Å²) in [5.74, 6) is -4.38. The van der Waals surface area contributed by atoms with Crippen LogP contribution >= 0.6 is 0 Å². The first-order valence-corrected chi connectivity index (χ1v) is 14.0. The summed E-state index contributed by atoms with van der Waals surface area (Å²) in [5, 5.41) is 28.0. The van der Waals surface area contributed by atoms with E-state index in [1.54, 1.807) is 0 Å². The zero-order valence-electron chi connectivity index (χ0n) is 22.7. The minimum Gasteiger partial charge on any atom is -0.676 e. The number of hydrogen-bond acceptors (Lipinski definition) is 4. The second-order valence-electron chi connectivity index (χ2n) is 10.0. The Morgan fingerprint density at radius 2 is 0.921 bits per heavy atom. The van der Waals surface area contributed by atoms with E-state index in [9.17, 15) is 19.2 Å². The first kappa shape index (κ1) is 38.6. The van der Waals surface area contributed by atoms with Crippen molar-refractivity contribution in [2.24, 2.45) is 0 Å². The van der Waals surface area contributed by atoms with Gasteiger partial charge in [0, 0.05) is 12.8 Å². The molecule has 0 aromatic heterocycles. The molecule has 1 aliphatic rings. The van der Waals surface area contributed by atoms with Crippen LogP contribution in [-0.2, 0) is 40.2 Å². The summed E-state index contributed by atoms with van der Waals surface area (Å²) in [7, 11) is 0. The number of aliphatic carboxylic acids is 3. The molecule has 0 unspecified atom stereocenters. The third kappa shape index (κ3) is 23.6. The van der Waals surface area contributed by atoms with Crippen LogP contribution in [0.1, 0.15) is 128 Å². The summed E-state index contributed by atoms with van der Waals surface area (Å²) in [6, 6.07) is -2.04. The van der Waals surface area contributed by atoms with Gasteiger partial charge in [-0.25, -0.2) is 9.59 Å². The molecule has 1 rings (SSSR count). The average Bonchev–Trinajstić information content (AvgIpc) is 2.84. The zero-order valence-corrected chi connectivity index (χ0v) is 24.9. The van der Waals surface area contributed by atoms with Gasteiger partial charge in [-0.1, -0.05) is 103 Å². The van der Waals surface area contributed by atoms with Gasteiger partial charge in [0.25, 0.3) is 0 Å². The Labute approximate surface area is 242 Å². The molecule has 0 spiro atoms. The van der Waals surface area contributed by atoms with Gasteiger partial charge in [0.05, 0.1) is 0 Å². The maximum absolute atomic E-state index is 11.6. The minimum atomic E-state index is -1.88. The van der Waals surface area contributed by atoms with Gasteiger partial charge in [0.2, 0.25) is 11.9 Å². The second-order valence-corrected chi connectivity index (χ2v) is 10.0. The largest absolute Gasteiger partial charge is 2.00 e. The molecule has 0 heterocycles. The van der Waals surface area contributed by atoms with E-state index in [4.69, 9.17) is 26.8 Å². The maximum atomic E-state index is 11.6. The number of amides is 1. The standard InChI is InChI=1S/C21H37NO7.C6H12N2.Pt/c23-17(22-19(20(26)27)21(28)29)15-13-11-9-7-5-3-1-2-4-6-8-10-12-14-16-18(24)25;7-5-3-1-2-4-6(5)8;/h19H,1-16H2,(H,22,23)(H,24,25)(H,26,27)(H,28,29);5-8H,1-4H2;/q;-2;+2/t;5-,6-;/m.1./s1. The Morgan fingerprint density at radius 1 is 0.605 bits per heavy atom. The first-order valence-electron chi connectivity index (χ1n) is 14.0. The molecule has 1 amide bonds. The Morgan fingerprint density at radius 3 is 1.21 bits per heavy atom. The monoisotopic (exact) mass is 722 g/mol.